The van der Waals surface area contributed by atoms with Crippen LogP contribution in [0.5, 0.6) is 0 Å². The Morgan fingerprint density at radius 2 is 0.724 bits per heavy atom. The van der Waals surface area contributed by atoms with Crippen molar-refractivity contribution in [3.8, 4) is 0 Å². The van der Waals surface area contributed by atoms with E-state index >= 15 is 0 Å². The molecule has 0 aliphatic carbocycles. The second-order valence-corrected chi connectivity index (χ2v) is 71.6. The number of carbonyl (C=O) groups is 4. The molecule has 41 heteroatoms. The average molecular weight is 2430 g/mol. The highest BCUT2D eigenvalue weighted by atomic mass is 80.0. The Hall–Kier alpha value is 0.0300. The summed E-state index contributed by atoms with van der Waals surface area (Å²) in [5, 5.41) is 19.2. The van der Waals surface area contributed by atoms with E-state index in [1.807, 2.05) is 19.1 Å². The van der Waals surface area contributed by atoms with Gasteiger partial charge in [0.05, 0.1) is 37.7 Å². The molecule has 1 fully saturated rings. The summed E-state index contributed by atoms with van der Waals surface area (Å²) in [6.45, 7) is 6.93. The van der Waals surface area contributed by atoms with E-state index in [9.17, 15) is 61.3 Å². The van der Waals surface area contributed by atoms with Crippen molar-refractivity contribution in [2.45, 2.75) is 51.6 Å². The van der Waals surface area contributed by atoms with Crippen LogP contribution in [0.4, 0.5) is 5.69 Å². The first-order valence-electron chi connectivity index (χ1n) is 27.2. The van der Waals surface area contributed by atoms with Crippen molar-refractivity contribution in [1.82, 2.24) is 20.9 Å². The number of aryl methyl sites for hydroxylation is 1. The molecular formula is C57H56Br15N5O16S5. The van der Waals surface area contributed by atoms with E-state index < -0.39 is 56.6 Å². The number of aliphatic hydroxyl groups is 1. The summed E-state index contributed by atoms with van der Waals surface area (Å²) >= 11 is 44.8. The molecule has 5 N–H and O–H groups in total. The van der Waals surface area contributed by atoms with Gasteiger partial charge >= 0.3 is 0 Å². The van der Waals surface area contributed by atoms with Gasteiger partial charge in [-0.2, -0.15) is 0 Å². The molecule has 0 spiro atoms. The Labute approximate surface area is 695 Å². The molecule has 1 saturated heterocycles. The van der Waals surface area contributed by atoms with Crippen LogP contribution >= 0.6 is 239 Å². The number of anilines is 1. The number of nitrogens with zero attached hydrogens (tertiary/aromatic N) is 1. The summed E-state index contributed by atoms with van der Waals surface area (Å²) in [7, 11) is -16.8. The lowest BCUT2D eigenvalue weighted by Crippen LogP contribution is -2.38. The number of para-hydroxylation sites is 1. The lowest BCUT2D eigenvalue weighted by molar-refractivity contribution is 0.0374. The number of benzene rings is 6. The first kappa shape index (κ1) is 92.2. The summed E-state index contributed by atoms with van der Waals surface area (Å²) in [4.78, 5) is 50.3. The second kappa shape index (κ2) is 40.8. The maximum absolute atomic E-state index is 12.4. The zero-order valence-corrected chi connectivity index (χ0v) is 78.1. The summed E-state index contributed by atoms with van der Waals surface area (Å²) in [5.41, 5.74) is 2.62. The highest BCUT2D eigenvalue weighted by molar-refractivity contribution is 9.44. The zero-order chi connectivity index (χ0) is 74.5. The van der Waals surface area contributed by atoms with E-state index in [2.05, 4.69) is 265 Å². The van der Waals surface area contributed by atoms with E-state index in [0.717, 1.165) is 44.8 Å². The quantitative estimate of drug-likeness (QED) is 0.0418. The third kappa shape index (κ3) is 28.3. The molecule has 0 aromatic heterocycles. The first-order chi connectivity index (χ1) is 45.1. The standard InChI is InChI=1S/C15H19Br3N2O4S.C14H10Br3NO3S.C11H12Br3NO4S.C9H8Br3NO3S.C8H7Br3O2S/c16-15(17,18)25(22,23)13-4-1-3-12(11-13)14(21)19-5-2-6-20-7-9-24-10-8-20;15-14(16,17)22(20,21)12-8-4-5-10(9-12)13(19)18-11-6-2-1-3-7-11;12-11(13,14)20(18,19)9-4-1-3-8(7-9)10(17)15-5-2-6-16;1-13-8(14)6-3-2-4-7(5-6)17(15,16)9(10,11)12;1-6-3-2-4-7(5-6)14(12,13)8(9,10)11/h1,3-4,11H,2,5-10H2,(H,19,21);1-9H,(H,18,19);1,3-4,7,16H,2,5-6H2,(H,15,17);2-5H,1H3,(H,13,14);2-5H,1H3. The molecule has 0 radical (unpaired) electrons. The monoisotopic (exact) mass is 2410 g/mol. The molecule has 7 rings (SSSR count). The predicted octanol–water partition coefficient (Wildman–Crippen LogP) is 15.8. The second-order valence-electron chi connectivity index (χ2n) is 19.5. The Morgan fingerprint density at radius 1 is 0.418 bits per heavy atom. The van der Waals surface area contributed by atoms with Gasteiger partial charge in [-0.15, -0.1) is 0 Å². The normalized spacial score (nSPS) is 13.4. The molecule has 0 bridgehead atoms. The number of hydrogen-bond donors (Lipinski definition) is 5. The van der Waals surface area contributed by atoms with Crippen molar-refractivity contribution in [3.05, 3.63) is 179 Å². The van der Waals surface area contributed by atoms with E-state index in [-0.39, 0.29) is 71.4 Å². The topological polar surface area (TPSA) is 320 Å². The highest BCUT2D eigenvalue weighted by Gasteiger charge is 2.41. The van der Waals surface area contributed by atoms with E-state index in [1.165, 1.54) is 85.9 Å². The van der Waals surface area contributed by atoms with Crippen LogP contribution in [0.2, 0.25) is 0 Å². The van der Waals surface area contributed by atoms with Gasteiger partial charge in [-0.1, -0.05) is 54.6 Å². The minimum absolute atomic E-state index is 0.00191. The fraction of sp³-hybridized carbons (Fsp3) is 0.298. The van der Waals surface area contributed by atoms with E-state index in [1.54, 1.807) is 60.7 Å². The van der Waals surface area contributed by atoms with Gasteiger partial charge in [0, 0.05) is 67.8 Å². The largest absolute Gasteiger partial charge is 0.396 e. The number of aliphatic hydroxyl groups excluding tert-OH is 1. The number of carbonyl (C=O) groups excluding carboxylic acids is 4. The van der Waals surface area contributed by atoms with Gasteiger partial charge in [0.25, 0.3) is 23.6 Å². The zero-order valence-electron chi connectivity index (χ0n) is 50.2. The maximum atomic E-state index is 12.4. The molecule has 0 unspecified atom stereocenters. The van der Waals surface area contributed by atoms with Crippen molar-refractivity contribution in [2.24, 2.45) is 0 Å². The minimum Gasteiger partial charge on any atom is -0.396 e. The molecule has 540 valence electrons. The van der Waals surface area contributed by atoms with Crippen LogP contribution in [0.3, 0.4) is 0 Å². The molecule has 98 heavy (non-hydrogen) atoms. The van der Waals surface area contributed by atoms with Gasteiger partial charge in [-0.05, 0) is 368 Å². The lowest BCUT2D eigenvalue weighted by Gasteiger charge is -2.26. The van der Waals surface area contributed by atoms with Crippen molar-refractivity contribution in [3.63, 3.8) is 0 Å². The summed E-state index contributed by atoms with van der Waals surface area (Å²) < 4.78 is 120. The third-order valence-corrected chi connectivity index (χ3v) is 39.0. The molecule has 21 nitrogen and oxygen atoms in total. The minimum atomic E-state index is -3.74. The van der Waals surface area contributed by atoms with Crippen LogP contribution in [0, 0.1) is 6.92 Å². The number of hydrogen-bond acceptors (Lipinski definition) is 17. The molecule has 6 aromatic carbocycles. The van der Waals surface area contributed by atoms with Crippen LogP contribution in [0.15, 0.2) is 176 Å². The molecule has 0 atom stereocenters. The van der Waals surface area contributed by atoms with Crippen LogP contribution in [-0.4, -0.2) is 143 Å². The summed E-state index contributed by atoms with van der Waals surface area (Å²) in [5.74, 6) is -1.40. The third-order valence-electron chi connectivity index (χ3n) is 12.4. The highest BCUT2D eigenvalue weighted by Crippen LogP contribution is 2.47. The predicted molar refractivity (Wildman–Crippen MR) is 436 cm³/mol. The van der Waals surface area contributed by atoms with Gasteiger partial charge in [-0.25, -0.2) is 42.1 Å². The van der Waals surface area contributed by atoms with E-state index in [0.29, 0.717) is 30.8 Å². The number of amides is 4. The molecule has 6 aromatic rings. The van der Waals surface area contributed by atoms with Crippen molar-refractivity contribution in [1.29, 1.82) is 0 Å². The molecule has 4 amide bonds. The first-order valence-corrected chi connectivity index (χ1v) is 46.5. The number of rotatable bonds is 17. The van der Waals surface area contributed by atoms with Gasteiger partial charge in [-0.3, -0.25) is 24.1 Å². The van der Waals surface area contributed by atoms with Crippen molar-refractivity contribution in [2.75, 3.05) is 64.9 Å². The SMILES string of the molecule is CNC(=O)c1cccc(S(=O)(=O)C(Br)(Br)Br)c1.Cc1cccc(S(=O)(=O)C(Br)(Br)Br)c1.O=C(NCCCN1CCOCC1)c1cccc(S(=O)(=O)C(Br)(Br)Br)c1.O=C(NCCCO)c1cccc(S(=O)(=O)C(Br)(Br)Br)c1.O=C(Nc1ccccc1)c1cccc(S(=O)(=O)C(Br)(Br)Br)c1. The lowest BCUT2D eigenvalue weighted by atomic mass is 10.2. The van der Waals surface area contributed by atoms with Crippen LogP contribution in [-0.2, 0) is 53.9 Å². The van der Waals surface area contributed by atoms with Crippen molar-refractivity contribution < 1.29 is 71.1 Å². The number of alkyl halides is 15. The van der Waals surface area contributed by atoms with Crippen LogP contribution < -0.4 is 21.3 Å². The van der Waals surface area contributed by atoms with Crippen molar-refractivity contribution >= 4 is 317 Å². The van der Waals surface area contributed by atoms with E-state index in [4.69, 9.17) is 9.84 Å². The fourth-order valence-corrected chi connectivity index (χ4v) is 19.9. The van der Waals surface area contributed by atoms with Gasteiger partial charge in [0.1, 0.15) is 0 Å². The number of nitrogens with one attached hydrogen (secondary N) is 4. The number of ether oxygens (including phenoxy) is 1. The van der Waals surface area contributed by atoms with Gasteiger partial charge in [0.2, 0.25) is 56.6 Å². The fourth-order valence-electron chi connectivity index (χ4n) is 7.35. The Balaban J connectivity index is 0.000000323. The number of morpholine rings is 1. The summed E-state index contributed by atoms with van der Waals surface area (Å²) in [6, 6.07) is 38.9. The summed E-state index contributed by atoms with van der Waals surface area (Å²) in [6.07, 6.45) is 1.27. The van der Waals surface area contributed by atoms with Crippen LogP contribution in [0.1, 0.15) is 59.8 Å². The smallest absolute Gasteiger partial charge is 0.255 e. The molecule has 1 aliphatic heterocycles. The number of halogens is 15. The van der Waals surface area contributed by atoms with Gasteiger partial charge in [0.15, 0.2) is 0 Å². The molecular weight excluding hydrogens is 2370 g/mol. The van der Waals surface area contributed by atoms with Crippen LogP contribution in [0.25, 0.3) is 0 Å². The maximum Gasteiger partial charge on any atom is 0.255 e. The molecule has 0 saturated carbocycles. The molecule has 1 aliphatic rings. The van der Waals surface area contributed by atoms with Gasteiger partial charge < -0.3 is 31.1 Å². The molecule has 1 heterocycles. The number of sulfone groups is 5. The Bertz CT molecular complexity index is 4310. The Kier molecular flexibility index (Phi) is 38.4. The average Bonchev–Trinajstić information content (AvgIpc) is 0.825. The Morgan fingerprint density at radius 3 is 1.04 bits per heavy atom.